The lowest BCUT2D eigenvalue weighted by atomic mass is 10.0. The summed E-state index contributed by atoms with van der Waals surface area (Å²) in [7, 11) is 0. The summed E-state index contributed by atoms with van der Waals surface area (Å²) in [6.07, 6.45) is 7.42. The summed E-state index contributed by atoms with van der Waals surface area (Å²) in [5.74, 6) is 0.813. The molecule has 4 nitrogen and oxygen atoms in total. The average Bonchev–Trinajstić information content (AvgIpc) is 2.55. The molecular weight excluding hydrogens is 292 g/mol. The molecule has 1 aromatic rings. The van der Waals surface area contributed by atoms with Crippen molar-refractivity contribution in [2.24, 2.45) is 0 Å². The van der Waals surface area contributed by atoms with Gasteiger partial charge in [0.2, 0.25) is 0 Å². The van der Waals surface area contributed by atoms with Crippen LogP contribution >= 0.6 is 0 Å². The van der Waals surface area contributed by atoms with E-state index in [1.165, 1.54) is 11.6 Å². The molecule has 1 aliphatic carbocycles. The van der Waals surface area contributed by atoms with E-state index < -0.39 is 6.10 Å². The lowest BCUT2D eigenvalue weighted by Gasteiger charge is -2.21. The second kappa shape index (κ2) is 8.53. The van der Waals surface area contributed by atoms with Gasteiger partial charge in [-0.25, -0.2) is 0 Å². The molecule has 2 rings (SSSR count). The van der Waals surface area contributed by atoms with Crippen LogP contribution in [0.1, 0.15) is 38.2 Å². The summed E-state index contributed by atoms with van der Waals surface area (Å²) in [6.45, 7) is 1.81. The molecule has 124 valence electrons. The van der Waals surface area contributed by atoms with Crippen molar-refractivity contribution in [3.8, 4) is 5.75 Å². The number of benzene rings is 1. The van der Waals surface area contributed by atoms with E-state index in [0.29, 0.717) is 17.7 Å². The molecule has 2 unspecified atom stereocenters. The first-order chi connectivity index (χ1) is 11.1. The Bertz CT molecular complexity index is 570. The molecule has 0 saturated carbocycles. The number of aldehydes is 1. The Kier molecular flexibility index (Phi) is 6.41. The Morgan fingerprint density at radius 3 is 2.65 bits per heavy atom. The van der Waals surface area contributed by atoms with Crippen LogP contribution in [0.4, 0.5) is 0 Å². The number of aliphatic hydroxyl groups excluding tert-OH is 2. The molecular formula is C19H24O4. The fourth-order valence-corrected chi connectivity index (χ4v) is 2.54. The lowest BCUT2D eigenvalue weighted by molar-refractivity contribution is -0.105. The summed E-state index contributed by atoms with van der Waals surface area (Å²) in [5.41, 5.74) is 1.84. The van der Waals surface area contributed by atoms with Crippen LogP contribution in [-0.2, 0) is 11.2 Å². The first-order valence-corrected chi connectivity index (χ1v) is 8.07. The number of allylic oxidation sites excluding steroid dienone is 2. The second-order valence-electron chi connectivity index (χ2n) is 6.00. The molecule has 0 bridgehead atoms. The maximum Gasteiger partial charge on any atom is 0.159 e. The Labute approximate surface area is 137 Å². The molecule has 0 amide bonds. The van der Waals surface area contributed by atoms with Gasteiger partial charge in [-0.3, -0.25) is 4.79 Å². The molecule has 0 fully saturated rings. The topological polar surface area (TPSA) is 66.8 Å². The third-order valence-corrected chi connectivity index (χ3v) is 3.91. The van der Waals surface area contributed by atoms with Crippen molar-refractivity contribution in [2.75, 3.05) is 0 Å². The minimum atomic E-state index is -0.503. The van der Waals surface area contributed by atoms with E-state index in [0.717, 1.165) is 32.0 Å². The van der Waals surface area contributed by atoms with Crippen molar-refractivity contribution in [2.45, 2.75) is 51.2 Å². The molecule has 0 radical (unpaired) electrons. The van der Waals surface area contributed by atoms with Crippen LogP contribution in [-0.4, -0.2) is 28.7 Å². The third kappa shape index (κ3) is 5.57. The summed E-state index contributed by atoms with van der Waals surface area (Å²) < 4.78 is 5.76. The zero-order chi connectivity index (χ0) is 16.7. The van der Waals surface area contributed by atoms with E-state index >= 15 is 0 Å². The predicted molar refractivity (Wildman–Crippen MR) is 89.6 cm³/mol. The number of ether oxygens (including phenoxy) is 1. The van der Waals surface area contributed by atoms with E-state index in [1.807, 2.05) is 31.2 Å². The van der Waals surface area contributed by atoms with Crippen molar-refractivity contribution in [1.82, 2.24) is 0 Å². The van der Waals surface area contributed by atoms with Gasteiger partial charge in [0.15, 0.2) is 6.10 Å². The van der Waals surface area contributed by atoms with E-state index in [-0.39, 0.29) is 11.9 Å². The number of aliphatic hydroxyl groups is 2. The first kappa shape index (κ1) is 17.3. The minimum Gasteiger partial charge on any atom is -0.508 e. The molecule has 1 aliphatic rings. The molecule has 2 N–H and O–H groups in total. The van der Waals surface area contributed by atoms with Crippen LogP contribution < -0.4 is 4.74 Å². The van der Waals surface area contributed by atoms with Gasteiger partial charge >= 0.3 is 0 Å². The second-order valence-corrected chi connectivity index (χ2v) is 6.00. The van der Waals surface area contributed by atoms with Crippen LogP contribution in [0.3, 0.4) is 0 Å². The Morgan fingerprint density at radius 1 is 1.26 bits per heavy atom. The van der Waals surface area contributed by atoms with Crippen LogP contribution in [0.25, 0.3) is 0 Å². The molecule has 1 aromatic carbocycles. The quantitative estimate of drug-likeness (QED) is 0.569. The largest absolute Gasteiger partial charge is 0.508 e. The highest BCUT2D eigenvalue weighted by atomic mass is 16.5. The fourth-order valence-electron chi connectivity index (χ4n) is 2.54. The van der Waals surface area contributed by atoms with E-state index in [9.17, 15) is 15.0 Å². The molecule has 4 heteroatoms. The summed E-state index contributed by atoms with van der Waals surface area (Å²) in [4.78, 5) is 10.8. The van der Waals surface area contributed by atoms with E-state index in [1.54, 1.807) is 6.08 Å². The van der Waals surface area contributed by atoms with Crippen molar-refractivity contribution < 1.29 is 19.7 Å². The van der Waals surface area contributed by atoms with Gasteiger partial charge in [-0.15, -0.1) is 0 Å². The third-order valence-electron chi connectivity index (χ3n) is 3.91. The first-order valence-electron chi connectivity index (χ1n) is 8.07. The summed E-state index contributed by atoms with van der Waals surface area (Å²) >= 11 is 0. The number of hydrogen-bond donors (Lipinski definition) is 2. The molecule has 2 atom stereocenters. The molecule has 0 heterocycles. The fraction of sp³-hybridized carbons (Fsp3) is 0.421. The lowest BCUT2D eigenvalue weighted by Crippen LogP contribution is -2.22. The summed E-state index contributed by atoms with van der Waals surface area (Å²) in [5, 5.41) is 19.1. The zero-order valence-corrected chi connectivity index (χ0v) is 13.4. The summed E-state index contributed by atoms with van der Waals surface area (Å²) in [6, 6.07) is 7.79. The minimum absolute atomic E-state index is 0.137. The standard InChI is InChI=1S/C19H24O4/c1-14(21)4-2-3-5-15-6-9-17(10-7-15)23-19-12-16(13-20)8-11-18(19)22/h6-11,13-14,19,21-22H,2-5,12H2,1H3. The van der Waals surface area contributed by atoms with Crippen LogP contribution in [0.2, 0.25) is 0 Å². The van der Waals surface area contributed by atoms with Gasteiger partial charge in [-0.1, -0.05) is 24.6 Å². The predicted octanol–water partition coefficient (Wildman–Crippen LogP) is 3.50. The maximum absolute atomic E-state index is 10.8. The van der Waals surface area contributed by atoms with Gasteiger partial charge in [0.25, 0.3) is 0 Å². The maximum atomic E-state index is 10.8. The molecule has 23 heavy (non-hydrogen) atoms. The van der Waals surface area contributed by atoms with Crippen LogP contribution in [0.5, 0.6) is 5.75 Å². The number of hydrogen-bond acceptors (Lipinski definition) is 4. The van der Waals surface area contributed by atoms with Gasteiger partial charge in [0, 0.05) is 6.42 Å². The number of rotatable bonds is 8. The van der Waals surface area contributed by atoms with E-state index in [4.69, 9.17) is 4.74 Å². The van der Waals surface area contributed by atoms with Gasteiger partial charge < -0.3 is 14.9 Å². The van der Waals surface area contributed by atoms with Gasteiger partial charge in [-0.2, -0.15) is 0 Å². The number of unbranched alkanes of at least 4 members (excludes halogenated alkanes) is 1. The van der Waals surface area contributed by atoms with Crippen molar-refractivity contribution in [3.63, 3.8) is 0 Å². The van der Waals surface area contributed by atoms with E-state index in [2.05, 4.69) is 0 Å². The smallest absolute Gasteiger partial charge is 0.159 e. The highest BCUT2D eigenvalue weighted by Gasteiger charge is 2.20. The van der Waals surface area contributed by atoms with Gasteiger partial charge in [0.05, 0.1) is 6.10 Å². The average molecular weight is 316 g/mol. The normalized spacial score (nSPS) is 18.8. The highest BCUT2D eigenvalue weighted by Crippen LogP contribution is 2.23. The van der Waals surface area contributed by atoms with Crippen molar-refractivity contribution >= 4 is 6.29 Å². The number of carbonyl (C=O) groups is 1. The molecule has 0 spiro atoms. The zero-order valence-electron chi connectivity index (χ0n) is 13.4. The highest BCUT2D eigenvalue weighted by molar-refractivity contribution is 5.74. The van der Waals surface area contributed by atoms with Crippen LogP contribution in [0.15, 0.2) is 47.7 Å². The Balaban J connectivity index is 1.84. The SMILES string of the molecule is CC(O)CCCCc1ccc(OC2CC(C=O)=CC=C2O)cc1. The molecule has 0 aromatic heterocycles. The Morgan fingerprint density at radius 2 is 2.00 bits per heavy atom. The van der Waals surface area contributed by atoms with Gasteiger partial charge in [-0.05, 0) is 55.5 Å². The molecule has 0 saturated heterocycles. The van der Waals surface area contributed by atoms with Crippen LogP contribution in [0, 0.1) is 0 Å². The number of aryl methyl sites for hydroxylation is 1. The van der Waals surface area contributed by atoms with Crippen molar-refractivity contribution in [3.05, 3.63) is 53.3 Å². The number of carbonyl (C=O) groups excluding carboxylic acids is 1. The Hall–Kier alpha value is -2.07. The van der Waals surface area contributed by atoms with Crippen molar-refractivity contribution in [1.29, 1.82) is 0 Å². The van der Waals surface area contributed by atoms with Gasteiger partial charge in [0.1, 0.15) is 17.8 Å². The molecule has 0 aliphatic heterocycles. The monoisotopic (exact) mass is 316 g/mol.